The van der Waals surface area contributed by atoms with Gasteiger partial charge < -0.3 is 19.7 Å². The molecular formula is C30H27F2N7O6. The molecule has 0 spiro atoms. The van der Waals surface area contributed by atoms with Gasteiger partial charge in [-0.15, -0.1) is 0 Å². The van der Waals surface area contributed by atoms with Gasteiger partial charge in [-0.05, 0) is 56.3 Å². The molecular weight excluding hydrogens is 592 g/mol. The zero-order chi connectivity index (χ0) is 32.4. The monoisotopic (exact) mass is 619 g/mol. The molecule has 0 aliphatic heterocycles. The van der Waals surface area contributed by atoms with E-state index in [4.69, 9.17) is 9.47 Å². The summed E-state index contributed by atoms with van der Waals surface area (Å²) in [5.74, 6) is -1.90. The predicted octanol–water partition coefficient (Wildman–Crippen LogP) is 5.00. The van der Waals surface area contributed by atoms with Crippen molar-refractivity contribution in [2.24, 2.45) is 0 Å². The Morgan fingerprint density at radius 2 is 1.62 bits per heavy atom. The highest BCUT2D eigenvalue weighted by Gasteiger charge is 2.19. The van der Waals surface area contributed by atoms with Gasteiger partial charge in [-0.2, -0.15) is 5.10 Å². The number of nitrogens with zero attached hydrogens (tertiary/aromatic N) is 5. The molecule has 0 radical (unpaired) electrons. The fraction of sp³-hybridized carbons (Fsp3) is 0.167. The van der Waals surface area contributed by atoms with Crippen molar-refractivity contribution in [2.75, 3.05) is 24.7 Å². The van der Waals surface area contributed by atoms with Crippen LogP contribution in [0.5, 0.6) is 17.2 Å². The van der Waals surface area contributed by atoms with Crippen molar-refractivity contribution >= 4 is 29.0 Å². The summed E-state index contributed by atoms with van der Waals surface area (Å²) >= 11 is 0. The highest BCUT2D eigenvalue weighted by Crippen LogP contribution is 2.32. The van der Waals surface area contributed by atoms with E-state index in [2.05, 4.69) is 15.7 Å². The van der Waals surface area contributed by atoms with Crippen molar-refractivity contribution in [2.45, 2.75) is 19.9 Å². The molecule has 2 N–H and O–H groups in total. The van der Waals surface area contributed by atoms with Gasteiger partial charge in [0.2, 0.25) is 5.75 Å². The largest absolute Gasteiger partial charge is 0.452 e. The number of carbonyl (C=O) groups excluding carboxylic acids is 2. The number of benzene rings is 2. The van der Waals surface area contributed by atoms with Gasteiger partial charge in [-0.1, -0.05) is 0 Å². The molecule has 3 aromatic heterocycles. The highest BCUT2D eigenvalue weighted by atomic mass is 19.1. The van der Waals surface area contributed by atoms with E-state index in [1.165, 1.54) is 50.5 Å². The van der Waals surface area contributed by atoms with Crippen LogP contribution in [0.25, 0.3) is 11.2 Å². The van der Waals surface area contributed by atoms with Crippen LogP contribution in [-0.2, 0) is 0 Å². The minimum Gasteiger partial charge on any atom is -0.452 e. The van der Waals surface area contributed by atoms with Gasteiger partial charge in [0.05, 0.1) is 30.0 Å². The fourth-order valence-electron chi connectivity index (χ4n) is 4.21. The summed E-state index contributed by atoms with van der Waals surface area (Å²) in [5, 5.41) is 9.17. The van der Waals surface area contributed by atoms with Gasteiger partial charge in [-0.25, -0.2) is 32.2 Å². The summed E-state index contributed by atoms with van der Waals surface area (Å²) in [7, 11) is 3.15. The first-order valence-corrected chi connectivity index (χ1v) is 13.5. The molecule has 45 heavy (non-hydrogen) atoms. The summed E-state index contributed by atoms with van der Waals surface area (Å²) < 4.78 is 43.0. The number of pyridine rings is 1. The van der Waals surface area contributed by atoms with Crippen LogP contribution in [0.15, 0.2) is 82.8 Å². The Kier molecular flexibility index (Phi) is 8.34. The second-order valence-corrected chi connectivity index (χ2v) is 10.2. The lowest BCUT2D eigenvalue weighted by molar-refractivity contribution is 0.213. The van der Waals surface area contributed by atoms with Crippen molar-refractivity contribution in [1.29, 1.82) is 0 Å². The Bertz CT molecular complexity index is 2030. The molecule has 15 heteroatoms. The first-order chi connectivity index (χ1) is 21.4. The first kappa shape index (κ1) is 30.5. The van der Waals surface area contributed by atoms with E-state index in [0.717, 1.165) is 29.0 Å². The third kappa shape index (κ3) is 6.51. The molecule has 0 saturated heterocycles. The second kappa shape index (κ2) is 12.3. The van der Waals surface area contributed by atoms with Gasteiger partial charge in [0.1, 0.15) is 11.3 Å². The number of amides is 3. The van der Waals surface area contributed by atoms with E-state index in [1.807, 2.05) is 0 Å². The SMILES string of the molecule is CC(C)n1cc(OC(=O)Nc2ccc(Oc3cc(NC(=O)N(C)C)cn4nccc34)c(F)c2)c(=O)n(-c2ccc(F)cc2)c1=O. The van der Waals surface area contributed by atoms with Crippen LogP contribution in [0.4, 0.5) is 29.7 Å². The standard InChI is InChI=1S/C30H27F2N7O6/c1-17(2)37-16-26(27(40)39(30(37)43)21-8-5-18(31)6-9-21)45-29(42)35-19-7-10-24(22(32)13-19)44-25-14-20(34-28(41)36(3)4)15-38-23(25)11-12-33-38/h5-17H,1-4H3,(H,34,41)(H,35,42). The number of hydrogen-bond acceptors (Lipinski definition) is 7. The zero-order valence-corrected chi connectivity index (χ0v) is 24.4. The number of anilines is 2. The molecule has 3 heterocycles. The van der Waals surface area contributed by atoms with Gasteiger partial charge in [0, 0.05) is 38.0 Å². The topological polar surface area (TPSA) is 141 Å². The number of aromatic nitrogens is 4. The molecule has 0 bridgehead atoms. The molecule has 0 unspecified atom stereocenters. The van der Waals surface area contributed by atoms with E-state index in [9.17, 15) is 23.6 Å². The van der Waals surface area contributed by atoms with Crippen molar-refractivity contribution in [3.63, 3.8) is 0 Å². The van der Waals surface area contributed by atoms with Crippen LogP contribution in [0.3, 0.4) is 0 Å². The smallest absolute Gasteiger partial charge is 0.417 e. The maximum absolute atomic E-state index is 15.1. The van der Waals surface area contributed by atoms with E-state index < -0.39 is 46.8 Å². The fourth-order valence-corrected chi connectivity index (χ4v) is 4.21. The molecule has 0 fully saturated rings. The predicted molar refractivity (Wildman–Crippen MR) is 161 cm³/mol. The quantitative estimate of drug-likeness (QED) is 0.261. The number of carbonyl (C=O) groups is 2. The van der Waals surface area contributed by atoms with Gasteiger partial charge in [0.25, 0.3) is 0 Å². The first-order valence-electron chi connectivity index (χ1n) is 13.5. The molecule has 13 nitrogen and oxygen atoms in total. The number of rotatable bonds is 7. The third-order valence-corrected chi connectivity index (χ3v) is 6.45. The van der Waals surface area contributed by atoms with Gasteiger partial charge in [0.15, 0.2) is 17.3 Å². The molecule has 5 aromatic rings. The summed E-state index contributed by atoms with van der Waals surface area (Å²) in [6, 6.07) is 10.6. The zero-order valence-electron chi connectivity index (χ0n) is 24.4. The molecule has 0 aliphatic rings. The normalized spacial score (nSPS) is 11.0. The summed E-state index contributed by atoms with van der Waals surface area (Å²) in [6.07, 6.45) is 3.04. The van der Waals surface area contributed by atoms with Crippen LogP contribution in [0, 0.1) is 11.6 Å². The number of hydrogen-bond donors (Lipinski definition) is 2. The van der Waals surface area contributed by atoms with Crippen LogP contribution >= 0.6 is 0 Å². The molecule has 0 saturated carbocycles. The lowest BCUT2D eigenvalue weighted by atomic mass is 10.2. The Morgan fingerprint density at radius 1 is 0.889 bits per heavy atom. The number of halogens is 2. The minimum atomic E-state index is -1.13. The van der Waals surface area contributed by atoms with Gasteiger partial charge >= 0.3 is 23.4 Å². The average Bonchev–Trinajstić information content (AvgIpc) is 3.46. The molecule has 5 rings (SSSR count). The van der Waals surface area contributed by atoms with Crippen LogP contribution in [-0.4, -0.2) is 49.9 Å². The van der Waals surface area contributed by atoms with E-state index >= 15 is 4.39 Å². The van der Waals surface area contributed by atoms with Crippen LogP contribution in [0.2, 0.25) is 0 Å². The van der Waals surface area contributed by atoms with Crippen LogP contribution < -0.4 is 31.4 Å². The summed E-state index contributed by atoms with van der Waals surface area (Å²) in [4.78, 5) is 52.3. The van der Waals surface area contributed by atoms with E-state index in [1.54, 1.807) is 40.2 Å². The summed E-state index contributed by atoms with van der Waals surface area (Å²) in [6.45, 7) is 3.37. The van der Waals surface area contributed by atoms with Crippen molar-refractivity contribution in [1.82, 2.24) is 23.6 Å². The Morgan fingerprint density at radius 3 is 2.29 bits per heavy atom. The maximum atomic E-state index is 15.1. The van der Waals surface area contributed by atoms with Crippen LogP contribution in [0.1, 0.15) is 19.9 Å². The minimum absolute atomic E-state index is 0.0256. The average molecular weight is 620 g/mol. The number of ether oxygens (including phenoxy) is 2. The number of urea groups is 1. The number of fused-ring (bicyclic) bond motifs is 1. The molecule has 0 aliphatic carbocycles. The Balaban J connectivity index is 1.37. The number of nitrogens with one attached hydrogen (secondary N) is 2. The molecule has 3 amide bonds. The molecule has 232 valence electrons. The Hall–Kier alpha value is -5.99. The second-order valence-electron chi connectivity index (χ2n) is 10.2. The lowest BCUT2D eigenvalue weighted by Crippen LogP contribution is -2.40. The third-order valence-electron chi connectivity index (χ3n) is 6.45. The molecule has 2 aromatic carbocycles. The van der Waals surface area contributed by atoms with Crippen molar-refractivity contribution in [3.8, 4) is 22.9 Å². The van der Waals surface area contributed by atoms with Crippen molar-refractivity contribution < 1.29 is 27.8 Å². The Labute approximate surface area is 253 Å². The highest BCUT2D eigenvalue weighted by molar-refractivity contribution is 5.89. The summed E-state index contributed by atoms with van der Waals surface area (Å²) in [5.41, 5.74) is -0.777. The maximum Gasteiger partial charge on any atom is 0.417 e. The lowest BCUT2D eigenvalue weighted by Gasteiger charge is -2.16. The van der Waals surface area contributed by atoms with Crippen molar-refractivity contribution in [3.05, 3.63) is 106 Å². The van der Waals surface area contributed by atoms with E-state index in [-0.39, 0.29) is 22.9 Å². The van der Waals surface area contributed by atoms with Gasteiger partial charge in [-0.3, -0.25) is 14.7 Å². The molecule has 0 atom stereocenters. The van der Waals surface area contributed by atoms with E-state index in [0.29, 0.717) is 11.2 Å².